The SMILES string of the molecule is COc1cc(N2CCC(N(C)C)CC2)c(C)cc1Nc1nc(Nc2cccc3c2N(S(C)(=O)=O)CC3)c2cc[nH]c2n1. The summed E-state index contributed by atoms with van der Waals surface area (Å²) >= 11 is 0. The highest BCUT2D eigenvalue weighted by atomic mass is 32.2. The third-order valence-corrected chi connectivity index (χ3v) is 9.49. The Kier molecular flexibility index (Phi) is 7.36. The van der Waals surface area contributed by atoms with E-state index in [1.165, 1.54) is 16.2 Å². The topological polar surface area (TPSA) is 119 Å². The molecule has 3 N–H and O–H groups in total. The van der Waals surface area contributed by atoms with Gasteiger partial charge in [-0.15, -0.1) is 0 Å². The van der Waals surface area contributed by atoms with Gasteiger partial charge in [0.1, 0.15) is 17.2 Å². The van der Waals surface area contributed by atoms with Crippen LogP contribution in [0.15, 0.2) is 42.6 Å². The number of methoxy groups -OCH3 is 1. The van der Waals surface area contributed by atoms with E-state index in [4.69, 9.17) is 14.7 Å². The van der Waals surface area contributed by atoms with E-state index < -0.39 is 10.0 Å². The zero-order valence-corrected chi connectivity index (χ0v) is 25.5. The number of aromatic nitrogens is 3. The minimum absolute atomic E-state index is 0.386. The number of nitrogens with zero attached hydrogens (tertiary/aromatic N) is 5. The lowest BCUT2D eigenvalue weighted by atomic mass is 10.0. The molecule has 0 atom stereocenters. The van der Waals surface area contributed by atoms with E-state index in [0.29, 0.717) is 53.5 Å². The molecule has 0 amide bonds. The van der Waals surface area contributed by atoms with Crippen LogP contribution in [0.4, 0.5) is 34.5 Å². The number of hydrogen-bond donors (Lipinski definition) is 3. The molecule has 0 saturated carbocycles. The number of para-hydroxylation sites is 1. The lowest BCUT2D eigenvalue weighted by Crippen LogP contribution is -2.42. The van der Waals surface area contributed by atoms with Crippen molar-refractivity contribution in [1.29, 1.82) is 0 Å². The van der Waals surface area contributed by atoms with Crippen molar-refractivity contribution in [2.24, 2.45) is 0 Å². The van der Waals surface area contributed by atoms with Crippen LogP contribution >= 0.6 is 0 Å². The van der Waals surface area contributed by atoms with Gasteiger partial charge in [0.05, 0.1) is 35.8 Å². The molecule has 1 saturated heterocycles. The van der Waals surface area contributed by atoms with Gasteiger partial charge in [-0.1, -0.05) is 12.1 Å². The van der Waals surface area contributed by atoms with E-state index in [2.05, 4.69) is 58.6 Å². The molecular formula is C30H38N8O3S. The first-order valence-electron chi connectivity index (χ1n) is 14.2. The molecule has 0 radical (unpaired) electrons. The van der Waals surface area contributed by atoms with Crippen molar-refractivity contribution < 1.29 is 13.2 Å². The number of nitrogens with one attached hydrogen (secondary N) is 3. The number of anilines is 6. The standard InChI is InChI=1S/C30H38N8O3S/c1-19-17-24(26(41-4)18-25(19)37-14-11-21(12-15-37)36(2)3)33-30-34-28-22(9-13-31-28)29(35-30)32-23-8-6-7-20-10-16-38(27(20)23)42(5,39)40/h6-9,13,17-18,21H,10-12,14-16H2,1-5H3,(H3,31,32,33,34,35). The summed E-state index contributed by atoms with van der Waals surface area (Å²) in [6, 6.07) is 12.5. The van der Waals surface area contributed by atoms with Crippen LogP contribution in [0.2, 0.25) is 0 Å². The summed E-state index contributed by atoms with van der Waals surface area (Å²) in [6.45, 7) is 4.54. The Bertz CT molecular complexity index is 1730. The molecule has 0 aliphatic carbocycles. The summed E-state index contributed by atoms with van der Waals surface area (Å²) in [4.78, 5) is 17.5. The van der Waals surface area contributed by atoms with Crippen LogP contribution in [0, 0.1) is 6.92 Å². The van der Waals surface area contributed by atoms with Gasteiger partial charge in [-0.25, -0.2) is 8.42 Å². The fourth-order valence-corrected chi connectivity index (χ4v) is 7.07. The number of H-pyrrole nitrogens is 1. The summed E-state index contributed by atoms with van der Waals surface area (Å²) in [7, 11) is 2.56. The van der Waals surface area contributed by atoms with Crippen molar-refractivity contribution in [3.8, 4) is 5.75 Å². The summed E-state index contributed by atoms with van der Waals surface area (Å²) in [5.74, 6) is 1.66. The van der Waals surface area contributed by atoms with Gasteiger partial charge in [0.2, 0.25) is 16.0 Å². The molecule has 42 heavy (non-hydrogen) atoms. The number of rotatable bonds is 8. The van der Waals surface area contributed by atoms with Crippen molar-refractivity contribution in [2.75, 3.05) is 66.9 Å². The average molecular weight is 591 g/mol. The van der Waals surface area contributed by atoms with Crippen LogP contribution < -0.4 is 24.6 Å². The molecule has 4 aromatic rings. The quantitative estimate of drug-likeness (QED) is 0.270. The van der Waals surface area contributed by atoms with Crippen LogP contribution in [0.3, 0.4) is 0 Å². The van der Waals surface area contributed by atoms with Crippen LogP contribution in [-0.2, 0) is 16.4 Å². The molecular weight excluding hydrogens is 552 g/mol. The first-order valence-corrected chi connectivity index (χ1v) is 16.1. The second kappa shape index (κ2) is 11.0. The van der Waals surface area contributed by atoms with Crippen molar-refractivity contribution >= 4 is 55.6 Å². The predicted molar refractivity (Wildman–Crippen MR) is 169 cm³/mol. The molecule has 2 aromatic heterocycles. The smallest absolute Gasteiger partial charge is 0.232 e. The summed E-state index contributed by atoms with van der Waals surface area (Å²) in [6.07, 6.45) is 5.97. The van der Waals surface area contributed by atoms with Crippen molar-refractivity contribution in [3.05, 3.63) is 53.7 Å². The first-order chi connectivity index (χ1) is 20.1. The van der Waals surface area contributed by atoms with Gasteiger partial charge in [-0.2, -0.15) is 9.97 Å². The zero-order valence-electron chi connectivity index (χ0n) is 24.7. The molecule has 222 valence electrons. The summed E-state index contributed by atoms with van der Waals surface area (Å²) < 4.78 is 32.3. The van der Waals surface area contributed by atoms with E-state index in [9.17, 15) is 8.42 Å². The third kappa shape index (κ3) is 5.32. The third-order valence-electron chi connectivity index (χ3n) is 8.32. The van der Waals surface area contributed by atoms with Crippen LogP contribution in [0.5, 0.6) is 5.75 Å². The minimum Gasteiger partial charge on any atom is -0.494 e. The maximum absolute atomic E-state index is 12.5. The molecule has 0 bridgehead atoms. The molecule has 2 aromatic carbocycles. The van der Waals surface area contributed by atoms with Gasteiger partial charge >= 0.3 is 0 Å². The Balaban J connectivity index is 1.31. The Morgan fingerprint density at radius 1 is 1.05 bits per heavy atom. The molecule has 0 spiro atoms. The van der Waals surface area contributed by atoms with Gasteiger partial charge in [0.15, 0.2) is 0 Å². The Morgan fingerprint density at radius 3 is 2.55 bits per heavy atom. The maximum atomic E-state index is 12.5. The Hall–Kier alpha value is -4.03. The number of hydrogen-bond acceptors (Lipinski definition) is 9. The fourth-order valence-electron chi connectivity index (χ4n) is 6.10. The second-order valence-electron chi connectivity index (χ2n) is 11.3. The molecule has 11 nitrogen and oxygen atoms in total. The van der Waals surface area contributed by atoms with Crippen molar-refractivity contribution in [2.45, 2.75) is 32.2 Å². The Morgan fingerprint density at radius 2 is 1.83 bits per heavy atom. The van der Waals surface area contributed by atoms with E-state index in [-0.39, 0.29) is 0 Å². The Labute approximate surface area is 246 Å². The highest BCUT2D eigenvalue weighted by molar-refractivity contribution is 7.92. The van der Waals surface area contributed by atoms with Gasteiger partial charge in [0.25, 0.3) is 0 Å². The van der Waals surface area contributed by atoms with Crippen molar-refractivity contribution in [1.82, 2.24) is 19.9 Å². The molecule has 6 rings (SSSR count). The normalized spacial score (nSPS) is 15.9. The van der Waals surface area contributed by atoms with E-state index in [1.54, 1.807) is 7.11 Å². The van der Waals surface area contributed by atoms with E-state index >= 15 is 0 Å². The van der Waals surface area contributed by atoms with Crippen molar-refractivity contribution in [3.63, 3.8) is 0 Å². The molecule has 4 heterocycles. The monoisotopic (exact) mass is 590 g/mol. The van der Waals surface area contributed by atoms with Gasteiger partial charge in [0, 0.05) is 43.6 Å². The first kappa shape index (κ1) is 28.1. The molecule has 1 fully saturated rings. The molecule has 2 aliphatic rings. The van der Waals surface area contributed by atoms with Gasteiger partial charge in [-0.05, 0) is 69.6 Å². The highest BCUT2D eigenvalue weighted by Gasteiger charge is 2.29. The summed E-state index contributed by atoms with van der Waals surface area (Å²) in [5.41, 5.74) is 6.06. The minimum atomic E-state index is -3.42. The highest BCUT2D eigenvalue weighted by Crippen LogP contribution is 2.40. The van der Waals surface area contributed by atoms with Gasteiger partial charge in [-0.3, -0.25) is 4.31 Å². The predicted octanol–water partition coefficient (Wildman–Crippen LogP) is 4.61. The number of aromatic amines is 1. The maximum Gasteiger partial charge on any atom is 0.232 e. The lowest BCUT2D eigenvalue weighted by Gasteiger charge is -2.37. The fraction of sp³-hybridized carbons (Fsp3) is 0.400. The second-order valence-corrected chi connectivity index (χ2v) is 13.2. The van der Waals surface area contributed by atoms with Gasteiger partial charge < -0.3 is 30.2 Å². The van der Waals surface area contributed by atoms with Crippen LogP contribution in [0.25, 0.3) is 11.0 Å². The summed E-state index contributed by atoms with van der Waals surface area (Å²) in [5, 5.41) is 7.57. The lowest BCUT2D eigenvalue weighted by molar-refractivity contribution is 0.249. The van der Waals surface area contributed by atoms with Crippen LogP contribution in [-0.4, -0.2) is 81.4 Å². The number of benzene rings is 2. The zero-order chi connectivity index (χ0) is 29.6. The number of ether oxygens (including phenoxy) is 1. The average Bonchev–Trinajstić information content (AvgIpc) is 3.61. The number of aryl methyl sites for hydroxylation is 1. The largest absolute Gasteiger partial charge is 0.494 e. The molecule has 2 aliphatic heterocycles. The van der Waals surface area contributed by atoms with E-state index in [1.807, 2.05) is 30.5 Å². The molecule has 12 heteroatoms. The van der Waals surface area contributed by atoms with E-state index in [0.717, 1.165) is 48.1 Å². The molecule has 0 unspecified atom stereocenters. The number of fused-ring (bicyclic) bond motifs is 2. The number of sulfonamides is 1. The number of piperidine rings is 1. The van der Waals surface area contributed by atoms with Crippen LogP contribution in [0.1, 0.15) is 24.0 Å².